The molecule has 0 aliphatic heterocycles. The van der Waals surface area contributed by atoms with Crippen LogP contribution in [0.3, 0.4) is 0 Å². The molecule has 1 N–H and O–H groups in total. The van der Waals surface area contributed by atoms with Gasteiger partial charge in [0, 0.05) is 5.92 Å². The number of allylic oxidation sites excluding steroid dienone is 2. The number of aliphatic hydroxyl groups is 1. The minimum atomic E-state index is -0.102. The Labute approximate surface area is 146 Å². The lowest BCUT2D eigenvalue weighted by atomic mass is 9.46. The molecule has 4 aliphatic carbocycles. The van der Waals surface area contributed by atoms with Gasteiger partial charge < -0.3 is 5.11 Å². The first-order valence-electron chi connectivity index (χ1n) is 9.94. The Morgan fingerprint density at radius 2 is 2.04 bits per heavy atom. The lowest BCUT2D eigenvalue weighted by Gasteiger charge is -2.58. The second kappa shape index (κ2) is 5.56. The van der Waals surface area contributed by atoms with E-state index in [0.717, 1.165) is 38.0 Å². The fraction of sp³-hybridized carbons (Fsp3) is 0.773. The molecule has 0 aromatic rings. The van der Waals surface area contributed by atoms with Crippen LogP contribution in [0, 0.1) is 34.5 Å². The number of hydrogen-bond acceptors (Lipinski definition) is 2. The second-order valence-corrected chi connectivity index (χ2v) is 9.47. The summed E-state index contributed by atoms with van der Waals surface area (Å²) in [6.07, 6.45) is 12.5. The molecule has 24 heavy (non-hydrogen) atoms. The van der Waals surface area contributed by atoms with Gasteiger partial charge in [0.1, 0.15) is 0 Å². The predicted octanol–water partition coefficient (Wildman–Crippen LogP) is 4.68. The number of fused-ring (bicyclic) bond motifs is 5. The quantitative estimate of drug-likeness (QED) is 0.747. The minimum absolute atomic E-state index is 0.102. The van der Waals surface area contributed by atoms with E-state index in [1.54, 1.807) is 0 Å². The molecule has 0 aromatic carbocycles. The average Bonchev–Trinajstić information content (AvgIpc) is 2.85. The van der Waals surface area contributed by atoms with Gasteiger partial charge in [0.05, 0.1) is 6.10 Å². The maximum atomic E-state index is 12.5. The first kappa shape index (κ1) is 16.6. The zero-order valence-corrected chi connectivity index (χ0v) is 15.3. The van der Waals surface area contributed by atoms with Crippen molar-refractivity contribution in [3.05, 3.63) is 24.3 Å². The smallest absolute Gasteiger partial charge is 0.159 e. The van der Waals surface area contributed by atoms with E-state index in [1.165, 1.54) is 24.8 Å². The second-order valence-electron chi connectivity index (χ2n) is 9.47. The molecule has 1 unspecified atom stereocenters. The standard InChI is InChI=1S/C22H32O2/c1-4-5-14-13-22(3)15(12-19(14)23)6-7-16-17-8-9-20(24)21(17,2)11-10-18(16)22/h4,12,14,16-18,20,24H,1,5-11,13H2,2-3H3/t14?,16-,17-,18-,20-,21-,22-/m0/s1. The number of ketones is 1. The number of carbonyl (C=O) groups is 1. The Bertz CT molecular complexity index is 591. The number of carbonyl (C=O) groups excluding carboxylic acids is 1. The molecule has 0 aromatic heterocycles. The van der Waals surface area contributed by atoms with Crippen LogP contribution in [-0.4, -0.2) is 17.0 Å². The first-order valence-corrected chi connectivity index (χ1v) is 9.94. The third-order valence-electron chi connectivity index (χ3n) is 8.53. The van der Waals surface area contributed by atoms with Gasteiger partial charge in [0.15, 0.2) is 5.78 Å². The molecule has 0 saturated heterocycles. The van der Waals surface area contributed by atoms with E-state index in [2.05, 4.69) is 20.4 Å². The number of hydrogen-bond donors (Lipinski definition) is 1. The van der Waals surface area contributed by atoms with Crippen LogP contribution in [0.2, 0.25) is 0 Å². The van der Waals surface area contributed by atoms with Crippen LogP contribution in [-0.2, 0) is 4.79 Å². The highest BCUT2D eigenvalue weighted by Gasteiger charge is 2.59. The van der Waals surface area contributed by atoms with E-state index in [-0.39, 0.29) is 22.9 Å². The van der Waals surface area contributed by atoms with Crippen LogP contribution in [0.15, 0.2) is 24.3 Å². The van der Waals surface area contributed by atoms with Gasteiger partial charge >= 0.3 is 0 Å². The summed E-state index contributed by atoms with van der Waals surface area (Å²) in [5.41, 5.74) is 1.76. The van der Waals surface area contributed by atoms with Gasteiger partial charge in [-0.05, 0) is 86.0 Å². The molecular formula is C22H32O2. The largest absolute Gasteiger partial charge is 0.393 e. The van der Waals surface area contributed by atoms with E-state index >= 15 is 0 Å². The summed E-state index contributed by atoms with van der Waals surface area (Å²) in [6.45, 7) is 8.63. The van der Waals surface area contributed by atoms with Gasteiger partial charge in [0.25, 0.3) is 0 Å². The molecule has 2 nitrogen and oxygen atoms in total. The molecule has 4 rings (SSSR count). The lowest BCUT2D eigenvalue weighted by Crippen LogP contribution is -2.52. The molecule has 3 saturated carbocycles. The molecule has 0 amide bonds. The van der Waals surface area contributed by atoms with Crippen LogP contribution >= 0.6 is 0 Å². The van der Waals surface area contributed by atoms with Gasteiger partial charge in [-0.2, -0.15) is 0 Å². The molecule has 0 bridgehead atoms. The maximum absolute atomic E-state index is 12.5. The molecule has 4 aliphatic rings. The van der Waals surface area contributed by atoms with Crippen LogP contribution < -0.4 is 0 Å². The normalized spacial score (nSPS) is 50.5. The van der Waals surface area contributed by atoms with Gasteiger partial charge in [0.2, 0.25) is 0 Å². The molecule has 7 atom stereocenters. The van der Waals surface area contributed by atoms with Crippen molar-refractivity contribution in [2.75, 3.05) is 0 Å². The Hall–Kier alpha value is -0.890. The zero-order valence-electron chi connectivity index (χ0n) is 15.3. The predicted molar refractivity (Wildman–Crippen MR) is 96.4 cm³/mol. The molecule has 0 spiro atoms. The lowest BCUT2D eigenvalue weighted by molar-refractivity contribution is -0.123. The number of rotatable bonds is 2. The van der Waals surface area contributed by atoms with E-state index in [0.29, 0.717) is 17.6 Å². The molecule has 0 heterocycles. The van der Waals surface area contributed by atoms with Crippen molar-refractivity contribution in [3.63, 3.8) is 0 Å². The fourth-order valence-corrected chi connectivity index (χ4v) is 7.12. The Morgan fingerprint density at radius 3 is 2.79 bits per heavy atom. The van der Waals surface area contributed by atoms with Crippen molar-refractivity contribution >= 4 is 5.78 Å². The molecule has 0 radical (unpaired) electrons. The van der Waals surface area contributed by atoms with Crippen molar-refractivity contribution in [2.24, 2.45) is 34.5 Å². The first-order chi connectivity index (χ1) is 11.4. The summed E-state index contributed by atoms with van der Waals surface area (Å²) >= 11 is 0. The average molecular weight is 328 g/mol. The van der Waals surface area contributed by atoms with E-state index in [4.69, 9.17) is 0 Å². The van der Waals surface area contributed by atoms with Gasteiger partial charge in [-0.25, -0.2) is 0 Å². The summed E-state index contributed by atoms with van der Waals surface area (Å²) in [6, 6.07) is 0. The highest BCUT2D eigenvalue weighted by Crippen LogP contribution is 2.65. The van der Waals surface area contributed by atoms with Crippen molar-refractivity contribution < 1.29 is 9.90 Å². The summed E-state index contributed by atoms with van der Waals surface area (Å²) in [5.74, 6) is 2.58. The summed E-state index contributed by atoms with van der Waals surface area (Å²) in [7, 11) is 0. The van der Waals surface area contributed by atoms with Crippen LogP contribution in [0.4, 0.5) is 0 Å². The van der Waals surface area contributed by atoms with Gasteiger partial charge in [-0.1, -0.05) is 25.5 Å². The third kappa shape index (κ3) is 2.14. The Morgan fingerprint density at radius 1 is 1.25 bits per heavy atom. The van der Waals surface area contributed by atoms with Gasteiger partial charge in [-0.3, -0.25) is 4.79 Å². The minimum Gasteiger partial charge on any atom is -0.393 e. The zero-order chi connectivity index (χ0) is 17.1. The maximum Gasteiger partial charge on any atom is 0.159 e. The van der Waals surface area contributed by atoms with Crippen molar-refractivity contribution in [3.8, 4) is 0 Å². The van der Waals surface area contributed by atoms with Crippen LogP contribution in [0.1, 0.15) is 65.2 Å². The fourth-order valence-electron chi connectivity index (χ4n) is 7.12. The summed E-state index contributed by atoms with van der Waals surface area (Å²) in [4.78, 5) is 12.5. The Balaban J connectivity index is 1.67. The Kier molecular flexibility index (Phi) is 3.84. The molecule has 3 fully saturated rings. The van der Waals surface area contributed by atoms with E-state index in [9.17, 15) is 9.90 Å². The van der Waals surface area contributed by atoms with Crippen molar-refractivity contribution in [1.82, 2.24) is 0 Å². The van der Waals surface area contributed by atoms with E-state index in [1.807, 2.05) is 12.2 Å². The summed E-state index contributed by atoms with van der Waals surface area (Å²) < 4.78 is 0. The summed E-state index contributed by atoms with van der Waals surface area (Å²) in [5, 5.41) is 10.6. The molecular weight excluding hydrogens is 296 g/mol. The SMILES string of the molecule is C=CCC1C[C@@]2(C)C(=CC1=O)CC[C@H]1[C@@H]3CC[C@H](O)[C@@]3(C)CC[C@@H]12. The highest BCUT2D eigenvalue weighted by molar-refractivity contribution is 5.93. The third-order valence-corrected chi connectivity index (χ3v) is 8.53. The number of aliphatic hydroxyl groups excluding tert-OH is 1. The van der Waals surface area contributed by atoms with Gasteiger partial charge in [-0.15, -0.1) is 6.58 Å². The van der Waals surface area contributed by atoms with Crippen LogP contribution in [0.5, 0.6) is 0 Å². The van der Waals surface area contributed by atoms with Crippen LogP contribution in [0.25, 0.3) is 0 Å². The monoisotopic (exact) mass is 328 g/mol. The van der Waals surface area contributed by atoms with Crippen molar-refractivity contribution in [2.45, 2.75) is 71.3 Å². The highest BCUT2D eigenvalue weighted by atomic mass is 16.3. The molecule has 132 valence electrons. The van der Waals surface area contributed by atoms with E-state index < -0.39 is 0 Å². The van der Waals surface area contributed by atoms with Crippen molar-refractivity contribution in [1.29, 1.82) is 0 Å². The molecule has 2 heteroatoms. The topological polar surface area (TPSA) is 37.3 Å².